The van der Waals surface area contributed by atoms with Crippen LogP contribution in [0.15, 0.2) is 42.5 Å². The van der Waals surface area contributed by atoms with Gasteiger partial charge in [0.15, 0.2) is 0 Å². The summed E-state index contributed by atoms with van der Waals surface area (Å²) in [4.78, 5) is 22.4. The van der Waals surface area contributed by atoms with E-state index in [0.717, 1.165) is 5.56 Å². The fourth-order valence-electron chi connectivity index (χ4n) is 1.83. The maximum absolute atomic E-state index is 12.2. The number of nitrogens with one attached hydrogen (secondary N) is 1. The standard InChI is InChI=1S/C16H14Cl2N2O3S/c1-10(24-9-11-2-4-12(17)5-3-11)16(21)19-15-7-6-13(20(22)23)8-14(15)18/h2-8,10H,9H2,1H3,(H,19,21). The van der Waals surface area contributed by atoms with Crippen LogP contribution in [0, 0.1) is 10.1 Å². The highest BCUT2D eigenvalue weighted by molar-refractivity contribution is 7.99. The molecule has 2 rings (SSSR count). The number of amides is 1. The van der Waals surface area contributed by atoms with E-state index in [9.17, 15) is 14.9 Å². The van der Waals surface area contributed by atoms with Gasteiger partial charge in [-0.1, -0.05) is 35.3 Å². The first-order valence-corrected chi connectivity index (χ1v) is 8.78. The number of thioether (sulfide) groups is 1. The van der Waals surface area contributed by atoms with Crippen LogP contribution in [0.1, 0.15) is 12.5 Å². The third kappa shape index (κ3) is 5.12. The molecule has 0 heterocycles. The highest BCUT2D eigenvalue weighted by atomic mass is 35.5. The molecule has 5 nitrogen and oxygen atoms in total. The molecule has 0 spiro atoms. The SMILES string of the molecule is CC(SCc1ccc(Cl)cc1)C(=O)Nc1ccc([N+](=O)[O-])cc1Cl. The van der Waals surface area contributed by atoms with Crippen molar-refractivity contribution >= 4 is 52.2 Å². The molecular weight excluding hydrogens is 371 g/mol. The zero-order valence-electron chi connectivity index (χ0n) is 12.7. The van der Waals surface area contributed by atoms with Crippen molar-refractivity contribution in [2.45, 2.75) is 17.9 Å². The molecule has 0 bridgehead atoms. The number of nitrogens with zero attached hydrogens (tertiary/aromatic N) is 1. The Morgan fingerprint density at radius 2 is 1.92 bits per heavy atom. The molecule has 0 aliphatic rings. The van der Waals surface area contributed by atoms with Gasteiger partial charge >= 0.3 is 0 Å². The van der Waals surface area contributed by atoms with E-state index < -0.39 is 4.92 Å². The predicted molar refractivity (Wildman–Crippen MR) is 98.9 cm³/mol. The van der Waals surface area contributed by atoms with Gasteiger partial charge < -0.3 is 5.32 Å². The molecule has 8 heteroatoms. The first-order valence-electron chi connectivity index (χ1n) is 6.97. The van der Waals surface area contributed by atoms with Crippen LogP contribution in [-0.2, 0) is 10.5 Å². The van der Waals surface area contributed by atoms with Crippen molar-refractivity contribution < 1.29 is 9.72 Å². The minimum Gasteiger partial charge on any atom is -0.324 e. The molecule has 2 aromatic rings. The van der Waals surface area contributed by atoms with Crippen molar-refractivity contribution in [3.63, 3.8) is 0 Å². The summed E-state index contributed by atoms with van der Waals surface area (Å²) in [5.74, 6) is 0.449. The molecule has 0 saturated heterocycles. The van der Waals surface area contributed by atoms with Crippen LogP contribution >= 0.6 is 35.0 Å². The van der Waals surface area contributed by atoms with Crippen molar-refractivity contribution in [3.8, 4) is 0 Å². The van der Waals surface area contributed by atoms with Gasteiger partial charge in [0, 0.05) is 22.9 Å². The van der Waals surface area contributed by atoms with Crippen LogP contribution in [0.5, 0.6) is 0 Å². The number of carbonyl (C=O) groups excluding carboxylic acids is 1. The maximum Gasteiger partial charge on any atom is 0.271 e. The van der Waals surface area contributed by atoms with Gasteiger partial charge in [-0.05, 0) is 30.7 Å². The van der Waals surface area contributed by atoms with Gasteiger partial charge in [0.05, 0.1) is 20.9 Å². The Morgan fingerprint density at radius 1 is 1.25 bits per heavy atom. The predicted octanol–water partition coefficient (Wildman–Crippen LogP) is 5.16. The van der Waals surface area contributed by atoms with Crippen LogP contribution in [0.2, 0.25) is 10.0 Å². The fourth-order valence-corrected chi connectivity index (χ4v) is 3.02. The Hall–Kier alpha value is -1.76. The van der Waals surface area contributed by atoms with Crippen LogP contribution in [-0.4, -0.2) is 16.1 Å². The second kappa shape index (κ2) is 8.37. The lowest BCUT2D eigenvalue weighted by molar-refractivity contribution is -0.384. The van der Waals surface area contributed by atoms with Crippen molar-refractivity contribution in [1.29, 1.82) is 0 Å². The van der Waals surface area contributed by atoms with Crippen molar-refractivity contribution in [3.05, 3.63) is 68.2 Å². The molecule has 0 aromatic heterocycles. The van der Waals surface area contributed by atoms with Gasteiger partial charge in [-0.2, -0.15) is 0 Å². The molecule has 0 radical (unpaired) electrons. The van der Waals surface area contributed by atoms with Crippen molar-refractivity contribution in [2.24, 2.45) is 0 Å². The zero-order valence-corrected chi connectivity index (χ0v) is 15.0. The molecule has 126 valence electrons. The van der Waals surface area contributed by atoms with Gasteiger partial charge in [-0.15, -0.1) is 11.8 Å². The molecule has 0 fully saturated rings. The molecule has 0 aliphatic carbocycles. The third-order valence-corrected chi connectivity index (χ3v) is 4.98. The maximum atomic E-state index is 12.2. The van der Waals surface area contributed by atoms with E-state index in [2.05, 4.69) is 5.32 Å². The zero-order chi connectivity index (χ0) is 17.7. The van der Waals surface area contributed by atoms with Gasteiger partial charge in [-0.3, -0.25) is 14.9 Å². The number of hydrogen-bond donors (Lipinski definition) is 1. The Bertz CT molecular complexity index is 753. The van der Waals surface area contributed by atoms with Gasteiger partial charge in [0.1, 0.15) is 0 Å². The number of carbonyl (C=O) groups is 1. The van der Waals surface area contributed by atoms with Gasteiger partial charge in [0.25, 0.3) is 5.69 Å². The lowest BCUT2D eigenvalue weighted by Crippen LogP contribution is -2.22. The number of anilines is 1. The number of benzene rings is 2. The van der Waals surface area contributed by atoms with Gasteiger partial charge in [-0.25, -0.2) is 0 Å². The number of nitro benzene ring substituents is 1. The van der Waals surface area contributed by atoms with Crippen molar-refractivity contribution in [2.75, 3.05) is 5.32 Å². The molecule has 2 aromatic carbocycles. The summed E-state index contributed by atoms with van der Waals surface area (Å²) in [6, 6.07) is 11.4. The largest absolute Gasteiger partial charge is 0.324 e. The van der Waals surface area contributed by atoms with E-state index in [1.54, 1.807) is 19.1 Å². The summed E-state index contributed by atoms with van der Waals surface area (Å²) in [6.07, 6.45) is 0. The lowest BCUT2D eigenvalue weighted by Gasteiger charge is -2.13. The lowest BCUT2D eigenvalue weighted by atomic mass is 10.2. The summed E-state index contributed by atoms with van der Waals surface area (Å²) in [5.41, 5.74) is 1.30. The van der Waals surface area contributed by atoms with E-state index >= 15 is 0 Å². The van der Waals surface area contributed by atoms with Crippen molar-refractivity contribution in [1.82, 2.24) is 0 Å². The van der Waals surface area contributed by atoms with Crippen LogP contribution in [0.3, 0.4) is 0 Å². The first-order chi connectivity index (χ1) is 11.4. The molecule has 0 aliphatic heterocycles. The molecule has 24 heavy (non-hydrogen) atoms. The summed E-state index contributed by atoms with van der Waals surface area (Å²) in [7, 11) is 0. The van der Waals surface area contributed by atoms with Crippen LogP contribution in [0.25, 0.3) is 0 Å². The van der Waals surface area contributed by atoms with Crippen LogP contribution in [0.4, 0.5) is 11.4 Å². The monoisotopic (exact) mass is 384 g/mol. The average Bonchev–Trinajstić information content (AvgIpc) is 2.55. The van der Waals surface area contributed by atoms with E-state index in [-0.39, 0.29) is 21.9 Å². The molecule has 0 saturated carbocycles. The number of hydrogen-bond acceptors (Lipinski definition) is 4. The highest BCUT2D eigenvalue weighted by Crippen LogP contribution is 2.28. The third-order valence-electron chi connectivity index (χ3n) is 3.20. The van der Waals surface area contributed by atoms with Gasteiger partial charge in [0.2, 0.25) is 5.91 Å². The van der Waals surface area contributed by atoms with Crippen LogP contribution < -0.4 is 5.32 Å². The van der Waals surface area contributed by atoms with E-state index in [0.29, 0.717) is 16.5 Å². The molecule has 1 N–H and O–H groups in total. The molecule has 1 amide bonds. The molecule has 1 atom stereocenters. The number of non-ortho nitro benzene ring substituents is 1. The second-order valence-corrected chi connectivity index (χ2v) is 7.16. The van der Waals surface area contributed by atoms with E-state index in [1.807, 2.05) is 12.1 Å². The smallest absolute Gasteiger partial charge is 0.271 e. The molecule has 1 unspecified atom stereocenters. The van der Waals surface area contributed by atoms with E-state index in [1.165, 1.54) is 30.0 Å². The summed E-state index contributed by atoms with van der Waals surface area (Å²) < 4.78 is 0. The second-order valence-electron chi connectivity index (χ2n) is 4.99. The molecular formula is C16H14Cl2N2O3S. The summed E-state index contributed by atoms with van der Waals surface area (Å²) in [6.45, 7) is 1.79. The minimum atomic E-state index is -0.540. The average molecular weight is 385 g/mol. The number of rotatable bonds is 6. The highest BCUT2D eigenvalue weighted by Gasteiger charge is 2.16. The normalized spacial score (nSPS) is 11.8. The Morgan fingerprint density at radius 3 is 2.50 bits per heavy atom. The summed E-state index contributed by atoms with van der Waals surface area (Å²) >= 11 is 13.3. The Kier molecular flexibility index (Phi) is 6.48. The fraction of sp³-hybridized carbons (Fsp3) is 0.188. The Balaban J connectivity index is 1.93. The first kappa shape index (κ1) is 18.6. The topological polar surface area (TPSA) is 72.2 Å². The summed E-state index contributed by atoms with van der Waals surface area (Å²) in [5, 5.41) is 13.9. The van der Waals surface area contributed by atoms with E-state index in [4.69, 9.17) is 23.2 Å². The minimum absolute atomic E-state index is 0.122. The number of nitro groups is 1. The quantitative estimate of drug-likeness (QED) is 0.551. The number of halogens is 2. The Labute approximate surface area is 153 Å².